The molecule has 31 heavy (non-hydrogen) atoms. The number of halogens is 1. The molecule has 0 aliphatic carbocycles. The fraction of sp³-hybridized carbons (Fsp3) is 0.0833. The van der Waals surface area contributed by atoms with Crippen molar-refractivity contribution in [2.45, 2.75) is 16.5 Å². The Hall–Kier alpha value is -2.80. The second kappa shape index (κ2) is 10.5. The van der Waals surface area contributed by atoms with Crippen LogP contribution in [0.15, 0.2) is 88.6 Å². The monoisotopic (exact) mass is 466 g/mol. The predicted molar refractivity (Wildman–Crippen MR) is 128 cm³/mol. The zero-order chi connectivity index (χ0) is 21.5. The second-order valence-electron chi connectivity index (χ2n) is 6.68. The van der Waals surface area contributed by atoms with Crippen LogP contribution in [0.25, 0.3) is 0 Å². The number of benzene rings is 3. The molecule has 0 spiro atoms. The Balaban J connectivity index is 1.26. The second-order valence-corrected chi connectivity index (χ2v) is 9.20. The highest BCUT2D eigenvalue weighted by Gasteiger charge is 2.09. The summed E-state index contributed by atoms with van der Waals surface area (Å²) >= 11 is 9.12. The van der Waals surface area contributed by atoms with E-state index in [4.69, 9.17) is 16.3 Å². The van der Waals surface area contributed by atoms with Gasteiger partial charge in [0.2, 0.25) is 5.91 Å². The number of para-hydroxylation sites is 1. The van der Waals surface area contributed by atoms with Gasteiger partial charge in [0.1, 0.15) is 15.8 Å². The molecule has 0 saturated carbocycles. The van der Waals surface area contributed by atoms with Gasteiger partial charge in [0.25, 0.3) is 0 Å². The topological polar surface area (TPSA) is 51.2 Å². The first-order chi connectivity index (χ1) is 15.1. The van der Waals surface area contributed by atoms with Crippen molar-refractivity contribution < 1.29 is 9.53 Å². The van der Waals surface area contributed by atoms with Crippen LogP contribution in [0.1, 0.15) is 11.3 Å². The Morgan fingerprint density at radius 1 is 0.968 bits per heavy atom. The maximum absolute atomic E-state index is 12.4. The average molecular weight is 467 g/mol. The van der Waals surface area contributed by atoms with E-state index in [2.05, 4.69) is 10.3 Å². The van der Waals surface area contributed by atoms with E-state index in [1.54, 1.807) is 23.1 Å². The largest absolute Gasteiger partial charge is 0.457 e. The molecule has 3 aromatic carbocycles. The first-order valence-corrected chi connectivity index (χ1v) is 11.8. The molecule has 0 bridgehead atoms. The smallest absolute Gasteiger partial charge is 0.230 e. The third-order valence-corrected chi connectivity index (χ3v) is 6.66. The quantitative estimate of drug-likeness (QED) is 0.282. The minimum atomic E-state index is -0.101. The minimum Gasteiger partial charge on any atom is -0.457 e. The number of rotatable bonds is 8. The maximum atomic E-state index is 12.4. The van der Waals surface area contributed by atoms with Crippen LogP contribution < -0.4 is 10.1 Å². The van der Waals surface area contributed by atoms with Crippen molar-refractivity contribution in [3.8, 4) is 11.5 Å². The lowest BCUT2D eigenvalue weighted by Gasteiger charge is -2.07. The average Bonchev–Trinajstić information content (AvgIpc) is 3.22. The molecule has 7 heteroatoms. The summed E-state index contributed by atoms with van der Waals surface area (Å²) in [5.41, 5.74) is 2.67. The van der Waals surface area contributed by atoms with Gasteiger partial charge in [0.05, 0.1) is 12.1 Å². The molecule has 156 valence electrons. The maximum Gasteiger partial charge on any atom is 0.230 e. The highest BCUT2D eigenvalue weighted by atomic mass is 35.5. The van der Waals surface area contributed by atoms with Crippen LogP contribution >= 0.6 is 34.7 Å². The number of hydrogen-bond acceptors (Lipinski definition) is 5. The number of ether oxygens (including phenoxy) is 1. The Morgan fingerprint density at radius 3 is 2.42 bits per heavy atom. The highest BCUT2D eigenvalue weighted by Crippen LogP contribution is 2.27. The van der Waals surface area contributed by atoms with Gasteiger partial charge in [-0.1, -0.05) is 53.7 Å². The number of carbonyl (C=O) groups excluding carboxylic acids is 1. The third kappa shape index (κ3) is 6.59. The lowest BCUT2D eigenvalue weighted by Crippen LogP contribution is -2.14. The molecule has 1 heterocycles. The first kappa shape index (κ1) is 21.4. The van der Waals surface area contributed by atoms with Crippen molar-refractivity contribution in [3.05, 3.63) is 101 Å². The van der Waals surface area contributed by atoms with E-state index in [-0.39, 0.29) is 12.3 Å². The minimum absolute atomic E-state index is 0.101. The summed E-state index contributed by atoms with van der Waals surface area (Å²) in [4.78, 5) is 16.9. The van der Waals surface area contributed by atoms with E-state index in [0.29, 0.717) is 5.75 Å². The Bertz CT molecular complexity index is 1130. The van der Waals surface area contributed by atoms with Crippen LogP contribution in [-0.4, -0.2) is 10.9 Å². The first-order valence-electron chi connectivity index (χ1n) is 9.58. The molecule has 1 amide bonds. The Morgan fingerprint density at radius 2 is 1.68 bits per heavy atom. The molecule has 0 aliphatic rings. The zero-order valence-electron chi connectivity index (χ0n) is 16.5. The summed E-state index contributed by atoms with van der Waals surface area (Å²) in [6, 6.07) is 24.7. The molecular weight excluding hydrogens is 448 g/mol. The van der Waals surface area contributed by atoms with Crippen LogP contribution in [-0.2, 0) is 17.0 Å². The van der Waals surface area contributed by atoms with E-state index in [0.717, 1.165) is 32.2 Å². The number of anilines is 1. The van der Waals surface area contributed by atoms with E-state index in [1.165, 1.54) is 5.56 Å². The van der Waals surface area contributed by atoms with Crippen molar-refractivity contribution in [2.24, 2.45) is 0 Å². The van der Waals surface area contributed by atoms with Crippen molar-refractivity contribution in [3.63, 3.8) is 0 Å². The number of carbonyl (C=O) groups is 1. The number of nitrogens with one attached hydrogen (secondary N) is 1. The lowest BCUT2D eigenvalue weighted by molar-refractivity contribution is -0.115. The van der Waals surface area contributed by atoms with E-state index < -0.39 is 0 Å². The number of nitrogens with zero attached hydrogens (tertiary/aromatic N) is 1. The summed E-state index contributed by atoms with van der Waals surface area (Å²) in [5.74, 6) is 2.20. The number of thiazole rings is 1. The molecule has 4 nitrogen and oxygen atoms in total. The normalized spacial score (nSPS) is 10.6. The van der Waals surface area contributed by atoms with E-state index >= 15 is 0 Å². The van der Waals surface area contributed by atoms with E-state index in [9.17, 15) is 4.79 Å². The molecule has 0 aliphatic heterocycles. The number of hydrogen-bond donors (Lipinski definition) is 1. The molecule has 4 rings (SSSR count). The van der Waals surface area contributed by atoms with Crippen LogP contribution in [0.5, 0.6) is 11.5 Å². The van der Waals surface area contributed by atoms with Crippen LogP contribution in [0, 0.1) is 0 Å². The third-order valence-electron chi connectivity index (χ3n) is 4.26. The standard InChI is InChI=1S/C24H19ClN2O2S2/c25-18-8-6-17(7-9-18)15-30-24-27-20(16-31-24)14-23(28)26-19-10-12-22(13-11-19)29-21-4-2-1-3-5-21/h1-13,16H,14-15H2,(H,26,28). The van der Waals surface area contributed by atoms with Gasteiger partial charge in [0.15, 0.2) is 0 Å². The molecule has 1 N–H and O–H groups in total. The van der Waals surface area contributed by atoms with E-state index in [1.807, 2.05) is 84.2 Å². The summed E-state index contributed by atoms with van der Waals surface area (Å²) in [5, 5.41) is 5.57. The van der Waals surface area contributed by atoms with Crippen LogP contribution in [0.4, 0.5) is 5.69 Å². The van der Waals surface area contributed by atoms with Crippen LogP contribution in [0.2, 0.25) is 5.02 Å². The lowest BCUT2D eigenvalue weighted by atomic mass is 10.2. The van der Waals surface area contributed by atoms with Gasteiger partial charge in [-0.05, 0) is 54.1 Å². The van der Waals surface area contributed by atoms with Crippen molar-refractivity contribution in [1.82, 2.24) is 4.98 Å². The van der Waals surface area contributed by atoms with Crippen molar-refractivity contribution >= 4 is 46.3 Å². The summed E-state index contributed by atoms with van der Waals surface area (Å²) in [6.45, 7) is 0. The molecule has 0 radical (unpaired) electrons. The van der Waals surface area contributed by atoms with Crippen LogP contribution in [0.3, 0.4) is 0 Å². The van der Waals surface area contributed by atoms with Gasteiger partial charge < -0.3 is 10.1 Å². The summed E-state index contributed by atoms with van der Waals surface area (Å²) in [6.07, 6.45) is 0.236. The Labute approximate surface area is 194 Å². The van der Waals surface area contributed by atoms with Gasteiger partial charge in [-0.25, -0.2) is 4.98 Å². The fourth-order valence-corrected chi connectivity index (χ4v) is 4.69. The highest BCUT2D eigenvalue weighted by molar-refractivity contribution is 8.00. The molecule has 1 aromatic heterocycles. The van der Waals surface area contributed by atoms with Gasteiger partial charge in [-0.3, -0.25) is 4.79 Å². The molecule has 0 atom stereocenters. The van der Waals surface area contributed by atoms with Crippen molar-refractivity contribution in [1.29, 1.82) is 0 Å². The van der Waals surface area contributed by atoms with Crippen molar-refractivity contribution in [2.75, 3.05) is 5.32 Å². The zero-order valence-corrected chi connectivity index (χ0v) is 18.8. The molecule has 0 fully saturated rings. The predicted octanol–water partition coefficient (Wildman–Crippen LogP) is 7.06. The van der Waals surface area contributed by atoms with Gasteiger partial charge in [-0.15, -0.1) is 11.3 Å². The Kier molecular flexibility index (Phi) is 7.25. The summed E-state index contributed by atoms with van der Waals surface area (Å²) in [7, 11) is 0. The van der Waals surface area contributed by atoms with Gasteiger partial charge >= 0.3 is 0 Å². The molecule has 0 unspecified atom stereocenters. The molecule has 4 aromatic rings. The number of amides is 1. The van der Waals surface area contributed by atoms with Gasteiger partial charge in [-0.2, -0.15) is 0 Å². The fourth-order valence-electron chi connectivity index (χ4n) is 2.76. The molecular formula is C24H19ClN2O2S2. The van der Waals surface area contributed by atoms with Gasteiger partial charge in [0, 0.05) is 21.8 Å². The number of aromatic nitrogens is 1. The SMILES string of the molecule is O=C(Cc1csc(SCc2ccc(Cl)cc2)n1)Nc1ccc(Oc2ccccc2)cc1. The molecule has 0 saturated heterocycles. The number of thioether (sulfide) groups is 1. The summed E-state index contributed by atoms with van der Waals surface area (Å²) < 4.78 is 6.71.